The van der Waals surface area contributed by atoms with Crippen LogP contribution >= 0.6 is 0 Å². The average Bonchev–Trinajstić information content (AvgIpc) is 2.80. The van der Waals surface area contributed by atoms with E-state index >= 15 is 0 Å². The highest BCUT2D eigenvalue weighted by Gasteiger charge is 2.21. The molecule has 9 heteroatoms. The Kier molecular flexibility index (Phi) is 6.18. The zero-order valence-electron chi connectivity index (χ0n) is 16.5. The van der Waals surface area contributed by atoms with E-state index in [0.717, 1.165) is 42.8 Å². The van der Waals surface area contributed by atoms with Gasteiger partial charge in [-0.2, -0.15) is 5.10 Å². The summed E-state index contributed by atoms with van der Waals surface area (Å²) in [5, 5.41) is 8.37. The fourth-order valence-corrected chi connectivity index (χ4v) is 3.56. The van der Waals surface area contributed by atoms with Gasteiger partial charge in [0.1, 0.15) is 11.6 Å². The van der Waals surface area contributed by atoms with Gasteiger partial charge in [0, 0.05) is 57.0 Å². The van der Waals surface area contributed by atoms with Crippen LogP contribution in [0.4, 0.5) is 20.3 Å². The van der Waals surface area contributed by atoms with E-state index in [1.807, 2.05) is 6.07 Å². The summed E-state index contributed by atoms with van der Waals surface area (Å²) in [6.07, 6.45) is 4.33. The van der Waals surface area contributed by atoms with E-state index in [-0.39, 0.29) is 11.5 Å². The van der Waals surface area contributed by atoms with Crippen LogP contribution in [0.25, 0.3) is 6.08 Å². The van der Waals surface area contributed by atoms with Gasteiger partial charge in [-0.05, 0) is 24.3 Å². The monoisotopic (exact) mass is 415 g/mol. The number of hydrogen-bond acceptors (Lipinski definition) is 6. The number of amides is 1. The van der Waals surface area contributed by atoms with Crippen LogP contribution in [0.2, 0.25) is 0 Å². The van der Waals surface area contributed by atoms with Crippen LogP contribution < -0.4 is 9.80 Å². The summed E-state index contributed by atoms with van der Waals surface area (Å²) in [6, 6.07) is 5.18. The molecule has 0 N–H and O–H groups in total. The first kappa shape index (κ1) is 20.2. The van der Waals surface area contributed by atoms with Gasteiger partial charge < -0.3 is 19.4 Å². The quantitative estimate of drug-likeness (QED) is 0.712. The molecule has 0 atom stereocenters. The first-order chi connectivity index (χ1) is 14.6. The molecule has 1 amide bonds. The Morgan fingerprint density at radius 2 is 1.77 bits per heavy atom. The first-order valence-corrected chi connectivity index (χ1v) is 9.92. The molecular weight excluding hydrogens is 392 g/mol. The smallest absolute Gasteiger partial charge is 0.246 e. The number of nitrogens with zero attached hydrogens (tertiary/aromatic N) is 5. The van der Waals surface area contributed by atoms with Crippen molar-refractivity contribution in [3.63, 3.8) is 0 Å². The van der Waals surface area contributed by atoms with Gasteiger partial charge in [-0.1, -0.05) is 0 Å². The lowest BCUT2D eigenvalue weighted by atomic mass is 10.2. The largest absolute Gasteiger partial charge is 0.378 e. The van der Waals surface area contributed by atoms with Crippen molar-refractivity contribution in [1.29, 1.82) is 0 Å². The number of rotatable bonds is 4. The number of carbonyl (C=O) groups excluding carboxylic acids is 1. The molecule has 1 aromatic carbocycles. The van der Waals surface area contributed by atoms with E-state index in [0.29, 0.717) is 39.4 Å². The highest BCUT2D eigenvalue weighted by molar-refractivity contribution is 5.92. The SMILES string of the molecule is O=C(/C=C/c1cc(F)ccc1F)N1CCN(c2cnnc(N3CCOCC3)c2)CC1. The molecule has 0 saturated carbocycles. The highest BCUT2D eigenvalue weighted by Crippen LogP contribution is 2.21. The van der Waals surface area contributed by atoms with Crippen LogP contribution in [0.15, 0.2) is 36.5 Å². The molecule has 2 fully saturated rings. The Balaban J connectivity index is 1.35. The molecule has 2 aromatic rings. The van der Waals surface area contributed by atoms with Crippen LogP contribution in [0.1, 0.15) is 5.56 Å². The van der Waals surface area contributed by atoms with Gasteiger partial charge in [0.25, 0.3) is 0 Å². The second kappa shape index (κ2) is 9.17. The topological polar surface area (TPSA) is 61.8 Å². The molecule has 2 aliphatic heterocycles. The number of ether oxygens (including phenoxy) is 1. The Morgan fingerprint density at radius 1 is 1.00 bits per heavy atom. The maximum atomic E-state index is 13.7. The molecule has 2 saturated heterocycles. The van der Waals surface area contributed by atoms with Gasteiger partial charge in [-0.15, -0.1) is 5.10 Å². The van der Waals surface area contributed by atoms with E-state index in [4.69, 9.17) is 4.74 Å². The summed E-state index contributed by atoms with van der Waals surface area (Å²) in [5.74, 6) is -0.499. The molecule has 158 valence electrons. The number of hydrogen-bond donors (Lipinski definition) is 0. The lowest BCUT2D eigenvalue weighted by Gasteiger charge is -2.36. The van der Waals surface area contributed by atoms with Crippen LogP contribution in [0, 0.1) is 11.6 Å². The summed E-state index contributed by atoms with van der Waals surface area (Å²) in [6.45, 7) is 5.31. The average molecular weight is 415 g/mol. The fourth-order valence-electron chi connectivity index (χ4n) is 3.56. The van der Waals surface area contributed by atoms with E-state index in [1.165, 1.54) is 12.2 Å². The predicted octanol–water partition coefficient (Wildman–Crippen LogP) is 1.95. The lowest BCUT2D eigenvalue weighted by Crippen LogP contribution is -2.48. The molecule has 0 bridgehead atoms. The molecule has 0 spiro atoms. The van der Waals surface area contributed by atoms with Crippen LogP contribution in [-0.2, 0) is 9.53 Å². The molecule has 0 unspecified atom stereocenters. The second-order valence-corrected chi connectivity index (χ2v) is 7.18. The van der Waals surface area contributed by atoms with Crippen molar-refractivity contribution < 1.29 is 18.3 Å². The standard InChI is InChI=1S/C21H23F2N5O2/c22-17-2-3-19(23)16(13-17)1-4-21(29)28-7-5-26(6-8-28)18-14-20(25-24-15-18)27-9-11-30-12-10-27/h1-4,13-15H,5-12H2/b4-1+. The third-order valence-corrected chi connectivity index (χ3v) is 5.28. The van der Waals surface area contributed by atoms with Crippen molar-refractivity contribution in [2.45, 2.75) is 0 Å². The summed E-state index contributed by atoms with van der Waals surface area (Å²) in [7, 11) is 0. The fraction of sp³-hybridized carbons (Fsp3) is 0.381. The molecular formula is C21H23F2N5O2. The molecule has 1 aromatic heterocycles. The summed E-state index contributed by atoms with van der Waals surface area (Å²) in [4.78, 5) is 18.4. The van der Waals surface area contributed by atoms with Gasteiger partial charge in [0.2, 0.25) is 5.91 Å². The van der Waals surface area contributed by atoms with Gasteiger partial charge in [0.15, 0.2) is 5.82 Å². The third kappa shape index (κ3) is 4.73. The zero-order valence-corrected chi connectivity index (χ0v) is 16.5. The third-order valence-electron chi connectivity index (χ3n) is 5.28. The predicted molar refractivity (Wildman–Crippen MR) is 109 cm³/mol. The first-order valence-electron chi connectivity index (χ1n) is 9.92. The number of anilines is 2. The normalized spacial score (nSPS) is 17.6. The van der Waals surface area contributed by atoms with Gasteiger partial charge in [0.05, 0.1) is 25.1 Å². The van der Waals surface area contributed by atoms with Gasteiger partial charge in [-0.25, -0.2) is 8.78 Å². The van der Waals surface area contributed by atoms with Crippen molar-refractivity contribution in [3.05, 3.63) is 53.7 Å². The van der Waals surface area contributed by atoms with E-state index in [1.54, 1.807) is 11.1 Å². The van der Waals surface area contributed by atoms with E-state index < -0.39 is 11.6 Å². The second-order valence-electron chi connectivity index (χ2n) is 7.18. The van der Waals surface area contributed by atoms with Crippen molar-refractivity contribution in [2.75, 3.05) is 62.3 Å². The minimum Gasteiger partial charge on any atom is -0.378 e. The Hall–Kier alpha value is -3.07. The molecule has 0 radical (unpaired) electrons. The van der Waals surface area contributed by atoms with Gasteiger partial charge in [-0.3, -0.25) is 4.79 Å². The highest BCUT2D eigenvalue weighted by atomic mass is 19.1. The number of benzene rings is 1. The lowest BCUT2D eigenvalue weighted by molar-refractivity contribution is -0.126. The summed E-state index contributed by atoms with van der Waals surface area (Å²) in [5.41, 5.74) is 1.02. The number of aromatic nitrogens is 2. The van der Waals surface area contributed by atoms with Gasteiger partial charge >= 0.3 is 0 Å². The molecule has 2 aliphatic rings. The van der Waals surface area contributed by atoms with Crippen molar-refractivity contribution in [1.82, 2.24) is 15.1 Å². The van der Waals surface area contributed by atoms with Crippen molar-refractivity contribution in [3.8, 4) is 0 Å². The Bertz CT molecular complexity index is 925. The van der Waals surface area contributed by atoms with Crippen LogP contribution in [0.5, 0.6) is 0 Å². The molecule has 30 heavy (non-hydrogen) atoms. The van der Waals surface area contributed by atoms with Crippen molar-refractivity contribution in [2.24, 2.45) is 0 Å². The Labute approximate surface area is 173 Å². The minimum absolute atomic E-state index is 0.0560. The summed E-state index contributed by atoms with van der Waals surface area (Å²) >= 11 is 0. The number of carbonyl (C=O) groups is 1. The molecule has 4 rings (SSSR count). The Morgan fingerprint density at radius 3 is 2.53 bits per heavy atom. The molecule has 0 aliphatic carbocycles. The summed E-state index contributed by atoms with van der Waals surface area (Å²) < 4.78 is 32.3. The zero-order chi connectivity index (χ0) is 20.9. The molecule has 7 nitrogen and oxygen atoms in total. The maximum Gasteiger partial charge on any atom is 0.246 e. The minimum atomic E-state index is -0.563. The van der Waals surface area contributed by atoms with E-state index in [2.05, 4.69) is 20.0 Å². The van der Waals surface area contributed by atoms with Crippen LogP contribution in [0.3, 0.4) is 0 Å². The number of piperazine rings is 1. The van der Waals surface area contributed by atoms with Crippen LogP contribution in [-0.4, -0.2) is 73.5 Å². The van der Waals surface area contributed by atoms with E-state index in [9.17, 15) is 13.6 Å². The maximum absolute atomic E-state index is 13.7. The number of morpholine rings is 1. The number of halogens is 2. The van der Waals surface area contributed by atoms with Crippen molar-refractivity contribution >= 4 is 23.5 Å². The molecule has 3 heterocycles.